The average Bonchev–Trinajstić information content (AvgIpc) is 2.68. The van der Waals surface area contributed by atoms with Crippen LogP contribution in [0.4, 0.5) is 0 Å². The Balaban J connectivity index is 2.30. The molecule has 15 heavy (non-hydrogen) atoms. The third-order valence-electron chi connectivity index (χ3n) is 1.92. The second-order valence-corrected chi connectivity index (χ2v) is 5.17. The standard InChI is InChI=1S/C8H16N4O2S/c9-3-1-2-4-15(13,14)12-7-8-5-10-11-6-8/h5-6,12H,1-4,7,9H2,(H,10,11). The van der Waals surface area contributed by atoms with Crippen LogP contribution in [0.5, 0.6) is 0 Å². The van der Waals surface area contributed by atoms with E-state index in [0.717, 1.165) is 12.0 Å². The zero-order valence-electron chi connectivity index (χ0n) is 8.44. The van der Waals surface area contributed by atoms with Crippen molar-refractivity contribution < 1.29 is 8.42 Å². The van der Waals surface area contributed by atoms with E-state index in [4.69, 9.17) is 5.73 Å². The van der Waals surface area contributed by atoms with Gasteiger partial charge in [-0.2, -0.15) is 5.10 Å². The monoisotopic (exact) mass is 232 g/mol. The van der Waals surface area contributed by atoms with E-state index in [1.807, 2.05) is 0 Å². The highest BCUT2D eigenvalue weighted by Gasteiger charge is 2.09. The summed E-state index contributed by atoms with van der Waals surface area (Å²) >= 11 is 0. The first-order chi connectivity index (χ1) is 7.14. The van der Waals surface area contributed by atoms with Crippen molar-refractivity contribution in [3.05, 3.63) is 18.0 Å². The fourth-order valence-electron chi connectivity index (χ4n) is 1.08. The van der Waals surface area contributed by atoms with Crippen molar-refractivity contribution in [2.45, 2.75) is 19.4 Å². The van der Waals surface area contributed by atoms with Gasteiger partial charge in [-0.15, -0.1) is 0 Å². The lowest BCUT2D eigenvalue weighted by molar-refractivity contribution is 0.577. The molecule has 0 aliphatic heterocycles. The number of unbranched alkanes of at least 4 members (excludes halogenated alkanes) is 1. The van der Waals surface area contributed by atoms with Crippen LogP contribution in [0.25, 0.3) is 0 Å². The zero-order chi connectivity index (χ0) is 11.1. The summed E-state index contributed by atoms with van der Waals surface area (Å²) in [5.41, 5.74) is 6.10. The molecule has 1 aromatic rings. The molecule has 0 spiro atoms. The molecule has 0 amide bonds. The molecule has 0 aromatic carbocycles. The number of nitrogens with one attached hydrogen (secondary N) is 2. The van der Waals surface area contributed by atoms with Crippen LogP contribution in [0.2, 0.25) is 0 Å². The van der Waals surface area contributed by atoms with Crippen molar-refractivity contribution in [3.63, 3.8) is 0 Å². The van der Waals surface area contributed by atoms with Gasteiger partial charge in [0.15, 0.2) is 0 Å². The number of nitrogens with two attached hydrogens (primary N) is 1. The van der Waals surface area contributed by atoms with Gasteiger partial charge < -0.3 is 5.73 Å². The summed E-state index contributed by atoms with van der Waals surface area (Å²) in [7, 11) is -3.18. The maximum atomic E-state index is 11.4. The minimum absolute atomic E-state index is 0.127. The fourth-order valence-corrected chi connectivity index (χ4v) is 2.19. The molecule has 0 bridgehead atoms. The van der Waals surface area contributed by atoms with Crippen molar-refractivity contribution in [2.24, 2.45) is 5.73 Å². The Labute approximate surface area is 89.3 Å². The summed E-state index contributed by atoms with van der Waals surface area (Å²) in [6, 6.07) is 0. The van der Waals surface area contributed by atoms with E-state index in [-0.39, 0.29) is 12.3 Å². The molecule has 0 radical (unpaired) electrons. The predicted molar refractivity (Wildman–Crippen MR) is 57.5 cm³/mol. The first-order valence-corrected chi connectivity index (χ1v) is 6.44. The quantitative estimate of drug-likeness (QED) is 0.555. The second-order valence-electron chi connectivity index (χ2n) is 3.24. The summed E-state index contributed by atoms with van der Waals surface area (Å²) in [5, 5.41) is 6.34. The van der Waals surface area contributed by atoms with Crippen molar-refractivity contribution >= 4 is 10.0 Å². The van der Waals surface area contributed by atoms with Gasteiger partial charge in [0.1, 0.15) is 0 Å². The van der Waals surface area contributed by atoms with Gasteiger partial charge in [0, 0.05) is 18.3 Å². The van der Waals surface area contributed by atoms with Gasteiger partial charge in [0.05, 0.1) is 11.9 Å². The predicted octanol–water partition coefficient (Wildman–Crippen LogP) is -0.432. The van der Waals surface area contributed by atoms with Crippen molar-refractivity contribution in [1.29, 1.82) is 0 Å². The van der Waals surface area contributed by atoms with Gasteiger partial charge in [0.25, 0.3) is 0 Å². The molecule has 7 heteroatoms. The Kier molecular flexibility index (Phi) is 4.73. The number of aromatic nitrogens is 2. The molecule has 0 saturated carbocycles. The number of sulfonamides is 1. The number of hydrogen-bond donors (Lipinski definition) is 3. The summed E-state index contributed by atoms with van der Waals surface area (Å²) in [6.07, 6.45) is 4.56. The van der Waals surface area contributed by atoms with E-state index < -0.39 is 10.0 Å². The minimum atomic E-state index is -3.18. The molecule has 0 atom stereocenters. The number of rotatable bonds is 7. The van der Waals surface area contributed by atoms with Gasteiger partial charge >= 0.3 is 0 Å². The Morgan fingerprint density at radius 2 is 2.27 bits per heavy atom. The summed E-state index contributed by atoms with van der Waals surface area (Å²) in [4.78, 5) is 0. The molecular weight excluding hydrogens is 216 g/mol. The van der Waals surface area contributed by atoms with Crippen molar-refractivity contribution in [2.75, 3.05) is 12.3 Å². The van der Waals surface area contributed by atoms with Crippen LogP contribution in [0, 0.1) is 0 Å². The SMILES string of the molecule is NCCCCS(=O)(=O)NCc1cn[nH]c1. The van der Waals surface area contributed by atoms with E-state index >= 15 is 0 Å². The normalized spacial score (nSPS) is 11.8. The molecule has 0 fully saturated rings. The molecule has 6 nitrogen and oxygen atoms in total. The molecule has 0 aliphatic carbocycles. The highest BCUT2D eigenvalue weighted by atomic mass is 32.2. The Bertz CT molecular complexity index is 360. The summed E-state index contributed by atoms with van der Waals surface area (Å²) < 4.78 is 25.3. The summed E-state index contributed by atoms with van der Waals surface area (Å²) in [6.45, 7) is 0.804. The zero-order valence-corrected chi connectivity index (χ0v) is 9.26. The molecule has 1 aromatic heterocycles. The fraction of sp³-hybridized carbons (Fsp3) is 0.625. The van der Waals surface area contributed by atoms with Crippen LogP contribution in [-0.2, 0) is 16.6 Å². The van der Waals surface area contributed by atoms with Crippen LogP contribution < -0.4 is 10.5 Å². The number of H-pyrrole nitrogens is 1. The molecular formula is C8H16N4O2S. The van der Waals surface area contributed by atoms with Crippen molar-refractivity contribution in [3.8, 4) is 0 Å². The van der Waals surface area contributed by atoms with Crippen molar-refractivity contribution in [1.82, 2.24) is 14.9 Å². The average molecular weight is 232 g/mol. The summed E-state index contributed by atoms with van der Waals surface area (Å²) in [5.74, 6) is 0.127. The first-order valence-electron chi connectivity index (χ1n) is 4.79. The smallest absolute Gasteiger partial charge is 0.211 e. The number of aromatic amines is 1. The topological polar surface area (TPSA) is 101 Å². The second kappa shape index (κ2) is 5.84. The van der Waals surface area contributed by atoms with Gasteiger partial charge in [-0.05, 0) is 19.4 Å². The number of nitrogens with zero attached hydrogens (tertiary/aromatic N) is 1. The van der Waals surface area contributed by atoms with E-state index in [9.17, 15) is 8.42 Å². The largest absolute Gasteiger partial charge is 0.330 e. The molecule has 4 N–H and O–H groups in total. The molecule has 1 rings (SSSR count). The van der Waals surface area contributed by atoms with E-state index in [1.165, 1.54) is 0 Å². The Hall–Kier alpha value is -0.920. The highest BCUT2D eigenvalue weighted by molar-refractivity contribution is 7.89. The lowest BCUT2D eigenvalue weighted by Crippen LogP contribution is -2.26. The van der Waals surface area contributed by atoms with E-state index in [1.54, 1.807) is 12.4 Å². The minimum Gasteiger partial charge on any atom is -0.330 e. The van der Waals surface area contributed by atoms with E-state index in [0.29, 0.717) is 13.0 Å². The molecule has 1 heterocycles. The van der Waals surface area contributed by atoms with Crippen LogP contribution in [0.1, 0.15) is 18.4 Å². The van der Waals surface area contributed by atoms with Crippen LogP contribution in [0.3, 0.4) is 0 Å². The maximum absolute atomic E-state index is 11.4. The lowest BCUT2D eigenvalue weighted by atomic mass is 10.3. The molecule has 0 unspecified atom stereocenters. The van der Waals surface area contributed by atoms with Crippen LogP contribution >= 0.6 is 0 Å². The lowest BCUT2D eigenvalue weighted by Gasteiger charge is -2.04. The van der Waals surface area contributed by atoms with Gasteiger partial charge in [-0.3, -0.25) is 5.10 Å². The molecule has 0 saturated heterocycles. The Morgan fingerprint density at radius 1 is 1.47 bits per heavy atom. The molecule has 0 aliphatic rings. The van der Waals surface area contributed by atoms with Crippen LogP contribution in [0.15, 0.2) is 12.4 Å². The van der Waals surface area contributed by atoms with E-state index in [2.05, 4.69) is 14.9 Å². The third kappa shape index (κ3) is 4.91. The van der Waals surface area contributed by atoms with Gasteiger partial charge in [-0.1, -0.05) is 0 Å². The van der Waals surface area contributed by atoms with Crippen LogP contribution in [-0.4, -0.2) is 30.9 Å². The number of hydrogen-bond acceptors (Lipinski definition) is 4. The van der Waals surface area contributed by atoms with Gasteiger partial charge in [0.2, 0.25) is 10.0 Å². The molecule has 86 valence electrons. The third-order valence-corrected chi connectivity index (χ3v) is 3.33. The highest BCUT2D eigenvalue weighted by Crippen LogP contribution is 1.97. The first kappa shape index (κ1) is 12.2. The maximum Gasteiger partial charge on any atom is 0.211 e. The Morgan fingerprint density at radius 3 is 2.87 bits per heavy atom. The van der Waals surface area contributed by atoms with Gasteiger partial charge in [-0.25, -0.2) is 13.1 Å².